The summed E-state index contributed by atoms with van der Waals surface area (Å²) in [6, 6.07) is 0. The Kier molecular flexibility index (Phi) is 34.1. The van der Waals surface area contributed by atoms with Crippen LogP contribution in [0.1, 0.15) is 136 Å². The summed E-state index contributed by atoms with van der Waals surface area (Å²) in [5.74, 6) is -0.917. The molecule has 0 bridgehead atoms. The Balaban J connectivity index is 4.51. The highest BCUT2D eigenvalue weighted by Gasteiger charge is 2.21. The van der Waals surface area contributed by atoms with Gasteiger partial charge in [0.1, 0.15) is 19.8 Å². The molecule has 0 aromatic carbocycles. The maximum Gasteiger partial charge on any atom is 0.306 e. The van der Waals surface area contributed by atoms with E-state index in [4.69, 9.17) is 18.5 Å². The molecule has 316 valence electrons. The van der Waals surface area contributed by atoms with Gasteiger partial charge in [0.05, 0.1) is 33.9 Å². The van der Waals surface area contributed by atoms with E-state index in [1.54, 1.807) is 6.08 Å². The van der Waals surface area contributed by atoms with E-state index < -0.39 is 38.6 Å². The fourth-order valence-electron chi connectivity index (χ4n) is 5.06. The molecule has 0 heterocycles. The van der Waals surface area contributed by atoms with E-state index in [2.05, 4.69) is 56.4 Å². The number of unbranched alkanes of at least 4 members (excludes halogenated alkanes) is 10. The van der Waals surface area contributed by atoms with Crippen LogP contribution in [0.2, 0.25) is 0 Å². The lowest BCUT2D eigenvalue weighted by Crippen LogP contribution is -2.37. The number of likely N-dealkylation sites (N-methyl/N-ethyl adjacent to an activating group) is 1. The number of phosphoric ester groups is 1. The molecule has 11 heteroatoms. The van der Waals surface area contributed by atoms with E-state index in [-0.39, 0.29) is 26.1 Å². The van der Waals surface area contributed by atoms with Gasteiger partial charge in [-0.1, -0.05) is 125 Å². The van der Waals surface area contributed by atoms with Crippen molar-refractivity contribution in [3.05, 3.63) is 72.9 Å². The van der Waals surface area contributed by atoms with Crippen LogP contribution in [-0.4, -0.2) is 81.2 Å². The van der Waals surface area contributed by atoms with E-state index in [9.17, 15) is 24.2 Å². The van der Waals surface area contributed by atoms with Crippen molar-refractivity contribution < 1.29 is 47.2 Å². The Morgan fingerprint density at radius 1 is 0.673 bits per heavy atom. The Labute approximate surface area is 334 Å². The molecule has 3 atom stereocenters. The van der Waals surface area contributed by atoms with Crippen LogP contribution in [-0.2, 0) is 32.7 Å². The molecule has 0 aliphatic heterocycles. The Morgan fingerprint density at radius 3 is 1.85 bits per heavy atom. The third-order valence-corrected chi connectivity index (χ3v) is 9.27. The molecule has 0 saturated heterocycles. The summed E-state index contributed by atoms with van der Waals surface area (Å²) < 4.78 is 33.8. The SMILES string of the molecule is CC/C=C\C/C=C\C/C=C\CCCCCCCC(=O)OC[C@H](COP(=O)([O-])OCC[N+](C)(C)C)OC(=O)CCCCCCC/C=C/C=C/C(O)C/C=C/CC. The van der Waals surface area contributed by atoms with Gasteiger partial charge in [0.2, 0.25) is 0 Å². The summed E-state index contributed by atoms with van der Waals surface area (Å²) in [7, 11) is 1.09. The second-order valence-corrected chi connectivity index (χ2v) is 16.2. The van der Waals surface area contributed by atoms with Gasteiger partial charge in [-0.25, -0.2) is 0 Å². The number of hydrogen-bond acceptors (Lipinski definition) is 9. The number of aliphatic hydroxyl groups is 1. The van der Waals surface area contributed by atoms with Crippen LogP contribution in [0.5, 0.6) is 0 Å². The van der Waals surface area contributed by atoms with E-state index >= 15 is 0 Å². The number of rotatable bonds is 36. The third-order valence-electron chi connectivity index (χ3n) is 8.30. The molecule has 0 spiro atoms. The van der Waals surface area contributed by atoms with Crippen LogP contribution in [0.25, 0.3) is 0 Å². The lowest BCUT2D eigenvalue weighted by Gasteiger charge is -2.28. The van der Waals surface area contributed by atoms with Crippen LogP contribution in [0.15, 0.2) is 72.9 Å². The molecule has 0 aromatic rings. The zero-order valence-corrected chi connectivity index (χ0v) is 35.8. The van der Waals surface area contributed by atoms with Crippen molar-refractivity contribution >= 4 is 19.8 Å². The van der Waals surface area contributed by atoms with Gasteiger partial charge in [0.15, 0.2) is 6.10 Å². The van der Waals surface area contributed by atoms with Crippen LogP contribution in [0.3, 0.4) is 0 Å². The van der Waals surface area contributed by atoms with Crippen LogP contribution < -0.4 is 4.89 Å². The monoisotopic (exact) mass is 794 g/mol. The average molecular weight is 794 g/mol. The molecule has 0 saturated carbocycles. The van der Waals surface area contributed by atoms with Crippen LogP contribution in [0.4, 0.5) is 0 Å². The van der Waals surface area contributed by atoms with Gasteiger partial charge >= 0.3 is 11.9 Å². The number of aliphatic hydroxyl groups excluding tert-OH is 1. The molecule has 10 nitrogen and oxygen atoms in total. The fourth-order valence-corrected chi connectivity index (χ4v) is 5.78. The second kappa shape index (κ2) is 35.8. The number of esters is 2. The van der Waals surface area contributed by atoms with Gasteiger partial charge in [0, 0.05) is 12.8 Å². The topological polar surface area (TPSA) is 131 Å². The molecular weight excluding hydrogens is 717 g/mol. The average Bonchev–Trinajstić information content (AvgIpc) is 3.12. The largest absolute Gasteiger partial charge is 0.756 e. The maximum absolute atomic E-state index is 12.6. The van der Waals surface area contributed by atoms with Crippen molar-refractivity contribution in [2.75, 3.05) is 47.5 Å². The van der Waals surface area contributed by atoms with Crippen molar-refractivity contribution in [1.82, 2.24) is 0 Å². The summed E-state index contributed by atoms with van der Waals surface area (Å²) in [6.07, 6.45) is 39.7. The minimum atomic E-state index is -4.65. The summed E-state index contributed by atoms with van der Waals surface area (Å²) in [4.78, 5) is 37.5. The van der Waals surface area contributed by atoms with Crippen molar-refractivity contribution in [2.24, 2.45) is 0 Å². The minimum Gasteiger partial charge on any atom is -0.756 e. The van der Waals surface area contributed by atoms with Gasteiger partial charge in [-0.15, -0.1) is 0 Å². The van der Waals surface area contributed by atoms with E-state index in [1.807, 2.05) is 45.4 Å². The van der Waals surface area contributed by atoms with Crippen molar-refractivity contribution in [3.63, 3.8) is 0 Å². The fraction of sp³-hybridized carbons (Fsp3) is 0.682. The van der Waals surface area contributed by atoms with Crippen LogP contribution in [0, 0.1) is 0 Å². The highest BCUT2D eigenvalue weighted by atomic mass is 31.2. The van der Waals surface area contributed by atoms with Gasteiger partial charge in [-0.2, -0.15) is 0 Å². The Morgan fingerprint density at radius 2 is 1.22 bits per heavy atom. The first kappa shape index (κ1) is 52.4. The van der Waals surface area contributed by atoms with E-state index in [1.165, 1.54) is 0 Å². The van der Waals surface area contributed by atoms with Gasteiger partial charge in [0.25, 0.3) is 7.82 Å². The number of nitrogens with zero attached hydrogens (tertiary/aromatic N) is 1. The molecule has 0 aromatic heterocycles. The summed E-state index contributed by atoms with van der Waals surface area (Å²) >= 11 is 0. The first-order valence-corrected chi connectivity index (χ1v) is 22.2. The Bertz CT molecular complexity index is 1190. The summed E-state index contributed by atoms with van der Waals surface area (Å²) in [5, 5.41) is 9.88. The lowest BCUT2D eigenvalue weighted by molar-refractivity contribution is -0.870. The highest BCUT2D eigenvalue weighted by Crippen LogP contribution is 2.38. The number of quaternary nitrogens is 1. The van der Waals surface area contributed by atoms with Crippen molar-refractivity contribution in [1.29, 1.82) is 0 Å². The molecule has 55 heavy (non-hydrogen) atoms. The molecule has 0 fully saturated rings. The van der Waals surface area contributed by atoms with E-state index in [0.717, 1.165) is 89.9 Å². The Hall–Kier alpha value is -2.59. The second-order valence-electron chi connectivity index (χ2n) is 14.8. The maximum atomic E-state index is 12.6. The smallest absolute Gasteiger partial charge is 0.306 e. The third kappa shape index (κ3) is 39.4. The number of ether oxygens (including phenoxy) is 2. The first-order chi connectivity index (χ1) is 26.4. The number of carbonyl (C=O) groups excluding carboxylic acids is 2. The quantitative estimate of drug-likeness (QED) is 0.0165. The standard InChI is InChI=1S/C44H76NO9P/c1-6-8-10-11-12-13-14-15-16-17-18-21-24-27-31-35-43(47)51-39-42(40-53-55(49,50)52-38-37-45(3,4)5)54-44(48)36-32-28-25-22-19-20-23-26-30-34-41(46)33-29-9-7-2/h8-10,12-13,15-16,23,26,29-30,34,41-42,46H,6-7,11,14,17-22,24-25,27-28,31-33,35-40H2,1-5H3/b10-8-,13-12-,16-15-,26-23+,29-9+,34-30+/t41?,42-/m1/s1. The first-order valence-electron chi connectivity index (χ1n) is 20.8. The molecular formula is C44H76NO9P. The molecule has 0 aliphatic carbocycles. The lowest BCUT2D eigenvalue weighted by atomic mass is 10.1. The van der Waals surface area contributed by atoms with Gasteiger partial charge < -0.3 is 33.0 Å². The van der Waals surface area contributed by atoms with E-state index in [0.29, 0.717) is 30.3 Å². The van der Waals surface area contributed by atoms with Gasteiger partial charge in [-0.05, 0) is 70.6 Å². The predicted molar refractivity (Wildman–Crippen MR) is 223 cm³/mol. The summed E-state index contributed by atoms with van der Waals surface area (Å²) in [6.45, 7) is 3.81. The van der Waals surface area contributed by atoms with Crippen molar-refractivity contribution in [2.45, 2.75) is 148 Å². The number of allylic oxidation sites excluding steroid dienone is 10. The molecule has 0 amide bonds. The van der Waals surface area contributed by atoms with Gasteiger partial charge in [-0.3, -0.25) is 14.2 Å². The van der Waals surface area contributed by atoms with Crippen molar-refractivity contribution in [3.8, 4) is 0 Å². The summed E-state index contributed by atoms with van der Waals surface area (Å²) in [5.41, 5.74) is 0. The normalized spacial score (nSPS) is 15.0. The zero-order chi connectivity index (χ0) is 40.9. The molecule has 0 rings (SSSR count). The number of phosphoric acid groups is 1. The predicted octanol–water partition coefficient (Wildman–Crippen LogP) is 9.80. The number of hydrogen-bond donors (Lipinski definition) is 1. The molecule has 0 radical (unpaired) electrons. The number of carbonyl (C=O) groups is 2. The molecule has 0 aliphatic rings. The zero-order valence-electron chi connectivity index (χ0n) is 35.0. The molecule has 1 N–H and O–H groups in total. The van der Waals surface area contributed by atoms with Crippen LogP contribution >= 0.6 is 7.82 Å². The highest BCUT2D eigenvalue weighted by molar-refractivity contribution is 7.45. The molecule has 2 unspecified atom stereocenters. The minimum absolute atomic E-state index is 0.0515.